The molecule has 1 heterocycles. The van der Waals surface area contributed by atoms with Gasteiger partial charge in [-0.05, 0) is 24.3 Å². The summed E-state index contributed by atoms with van der Waals surface area (Å²) in [6.45, 7) is 2.36. The highest BCUT2D eigenvalue weighted by atomic mass is 35.5. The summed E-state index contributed by atoms with van der Waals surface area (Å²) < 4.78 is 5.31. The number of benzene rings is 1. The molecule has 1 fully saturated rings. The van der Waals surface area contributed by atoms with E-state index in [1.807, 2.05) is 30.3 Å². The molecule has 1 aliphatic rings. The molecule has 0 aromatic heterocycles. The molecule has 1 aliphatic heterocycles. The van der Waals surface area contributed by atoms with E-state index in [9.17, 15) is 9.59 Å². The zero-order valence-corrected chi connectivity index (χ0v) is 14.2. The average molecular weight is 339 g/mol. The average Bonchev–Trinajstić information content (AvgIpc) is 2.60. The Balaban J connectivity index is 1.71. The Morgan fingerprint density at radius 3 is 2.52 bits per heavy atom. The maximum atomic E-state index is 12.0. The summed E-state index contributed by atoms with van der Waals surface area (Å²) in [7, 11) is 1.75. The van der Waals surface area contributed by atoms with Gasteiger partial charge in [0.15, 0.2) is 0 Å². The molecule has 1 saturated heterocycles. The molecule has 0 atom stereocenters. The summed E-state index contributed by atoms with van der Waals surface area (Å²) in [4.78, 5) is 27.0. The summed E-state index contributed by atoms with van der Waals surface area (Å²) in [5.74, 6) is 0.417. The van der Waals surface area contributed by atoms with E-state index in [4.69, 9.17) is 16.3 Å². The summed E-state index contributed by atoms with van der Waals surface area (Å²) in [5.41, 5.74) is 0.974. The van der Waals surface area contributed by atoms with Crippen molar-refractivity contribution in [3.8, 4) is 0 Å². The first-order valence-electron chi connectivity index (χ1n) is 7.85. The molecule has 2 amide bonds. The molecule has 6 heteroatoms. The summed E-state index contributed by atoms with van der Waals surface area (Å²) in [6, 6.07) is 9.62. The Morgan fingerprint density at radius 2 is 1.91 bits per heavy atom. The Bertz CT molecular complexity index is 516. The van der Waals surface area contributed by atoms with Gasteiger partial charge >= 0.3 is 6.09 Å². The lowest BCUT2D eigenvalue weighted by molar-refractivity contribution is -0.129. The van der Waals surface area contributed by atoms with E-state index in [1.165, 1.54) is 0 Å². The SMILES string of the molecule is CN(CC1CCN(C(=O)CCl)CC1)C(=O)OCc1ccccc1. The Hall–Kier alpha value is -1.75. The number of alkyl halides is 1. The smallest absolute Gasteiger partial charge is 0.409 e. The summed E-state index contributed by atoms with van der Waals surface area (Å²) in [5, 5.41) is 0. The van der Waals surface area contributed by atoms with Crippen LogP contribution in [0.15, 0.2) is 30.3 Å². The largest absolute Gasteiger partial charge is 0.445 e. The van der Waals surface area contributed by atoms with Gasteiger partial charge in [-0.3, -0.25) is 4.79 Å². The number of nitrogens with zero attached hydrogens (tertiary/aromatic N) is 2. The Morgan fingerprint density at radius 1 is 1.26 bits per heavy atom. The predicted molar refractivity (Wildman–Crippen MR) is 89.3 cm³/mol. The zero-order valence-electron chi connectivity index (χ0n) is 13.4. The van der Waals surface area contributed by atoms with Crippen LogP contribution < -0.4 is 0 Å². The molecule has 2 rings (SSSR count). The molecule has 0 spiro atoms. The normalized spacial score (nSPS) is 15.3. The second kappa shape index (κ2) is 8.77. The van der Waals surface area contributed by atoms with Crippen molar-refractivity contribution in [2.45, 2.75) is 19.4 Å². The van der Waals surface area contributed by atoms with E-state index in [-0.39, 0.29) is 24.5 Å². The van der Waals surface area contributed by atoms with E-state index in [0.29, 0.717) is 25.6 Å². The molecule has 0 N–H and O–H groups in total. The molecule has 0 unspecified atom stereocenters. The first-order valence-corrected chi connectivity index (χ1v) is 8.39. The van der Waals surface area contributed by atoms with Gasteiger partial charge < -0.3 is 14.5 Å². The minimum absolute atomic E-state index is 0.0132. The fourth-order valence-corrected chi connectivity index (χ4v) is 2.91. The maximum absolute atomic E-state index is 12.0. The van der Waals surface area contributed by atoms with Gasteiger partial charge in [-0.25, -0.2) is 4.79 Å². The highest BCUT2D eigenvalue weighted by molar-refractivity contribution is 6.27. The fraction of sp³-hybridized carbons (Fsp3) is 0.529. The van der Waals surface area contributed by atoms with E-state index in [0.717, 1.165) is 18.4 Å². The molecule has 0 bridgehead atoms. The Labute approximate surface area is 142 Å². The third-order valence-electron chi connectivity index (χ3n) is 4.13. The van der Waals surface area contributed by atoms with Gasteiger partial charge in [-0.15, -0.1) is 11.6 Å². The quantitative estimate of drug-likeness (QED) is 0.776. The molecule has 5 nitrogen and oxygen atoms in total. The van der Waals surface area contributed by atoms with Crippen LogP contribution in [0.25, 0.3) is 0 Å². The number of carbonyl (C=O) groups is 2. The predicted octanol–water partition coefficient (Wildman–Crippen LogP) is 2.73. The summed E-state index contributed by atoms with van der Waals surface area (Å²) >= 11 is 5.57. The van der Waals surface area contributed by atoms with Crippen LogP contribution in [0.2, 0.25) is 0 Å². The topological polar surface area (TPSA) is 49.9 Å². The van der Waals surface area contributed by atoms with Crippen LogP contribution in [0.3, 0.4) is 0 Å². The van der Waals surface area contributed by atoms with Gasteiger partial charge in [-0.2, -0.15) is 0 Å². The highest BCUT2D eigenvalue weighted by Crippen LogP contribution is 2.18. The van der Waals surface area contributed by atoms with Crippen molar-refractivity contribution in [2.24, 2.45) is 5.92 Å². The van der Waals surface area contributed by atoms with Crippen molar-refractivity contribution in [1.82, 2.24) is 9.80 Å². The van der Waals surface area contributed by atoms with Crippen molar-refractivity contribution >= 4 is 23.6 Å². The van der Waals surface area contributed by atoms with Gasteiger partial charge in [0.05, 0.1) is 0 Å². The number of halogens is 1. The van der Waals surface area contributed by atoms with Crippen molar-refractivity contribution < 1.29 is 14.3 Å². The lowest BCUT2D eigenvalue weighted by Crippen LogP contribution is -2.42. The third-order valence-corrected chi connectivity index (χ3v) is 4.36. The van der Waals surface area contributed by atoms with Crippen LogP contribution in [0, 0.1) is 5.92 Å². The minimum Gasteiger partial charge on any atom is -0.445 e. The second-order valence-electron chi connectivity index (χ2n) is 5.88. The number of hydrogen-bond donors (Lipinski definition) is 0. The molecule has 1 aromatic rings. The van der Waals surface area contributed by atoms with Crippen LogP contribution >= 0.6 is 11.6 Å². The van der Waals surface area contributed by atoms with Crippen LogP contribution in [-0.4, -0.2) is 54.4 Å². The molecule has 23 heavy (non-hydrogen) atoms. The molecule has 0 aliphatic carbocycles. The van der Waals surface area contributed by atoms with Crippen molar-refractivity contribution in [1.29, 1.82) is 0 Å². The Kier molecular flexibility index (Phi) is 6.71. The van der Waals surface area contributed by atoms with Crippen molar-refractivity contribution in [3.63, 3.8) is 0 Å². The van der Waals surface area contributed by atoms with Gasteiger partial charge in [0.2, 0.25) is 5.91 Å². The molecule has 1 aromatic carbocycles. The van der Waals surface area contributed by atoms with Crippen LogP contribution in [-0.2, 0) is 16.1 Å². The fourth-order valence-electron chi connectivity index (χ4n) is 2.74. The second-order valence-corrected chi connectivity index (χ2v) is 6.15. The number of likely N-dealkylation sites (tertiary alicyclic amines) is 1. The standard InChI is InChI=1S/C17H23ClN2O3/c1-19(17(22)23-13-15-5-3-2-4-6-15)12-14-7-9-20(10-8-14)16(21)11-18/h2-6,14H,7-13H2,1H3. The zero-order chi connectivity index (χ0) is 16.7. The van der Waals surface area contributed by atoms with Crippen LogP contribution in [0.5, 0.6) is 0 Å². The van der Waals surface area contributed by atoms with Gasteiger partial charge in [-0.1, -0.05) is 30.3 Å². The maximum Gasteiger partial charge on any atom is 0.409 e. The van der Waals surface area contributed by atoms with E-state index in [2.05, 4.69) is 0 Å². The molecule has 126 valence electrons. The minimum atomic E-state index is -0.312. The molecule has 0 radical (unpaired) electrons. The van der Waals surface area contributed by atoms with E-state index in [1.54, 1.807) is 16.8 Å². The highest BCUT2D eigenvalue weighted by Gasteiger charge is 2.24. The first-order chi connectivity index (χ1) is 11.1. The molecular formula is C17H23ClN2O3. The lowest BCUT2D eigenvalue weighted by atomic mass is 9.96. The molecule has 0 saturated carbocycles. The molecular weight excluding hydrogens is 316 g/mol. The third kappa shape index (κ3) is 5.43. The number of carbonyl (C=O) groups excluding carboxylic acids is 2. The van der Waals surface area contributed by atoms with Crippen LogP contribution in [0.4, 0.5) is 4.79 Å². The number of rotatable bonds is 5. The monoisotopic (exact) mass is 338 g/mol. The lowest BCUT2D eigenvalue weighted by Gasteiger charge is -2.33. The number of hydrogen-bond acceptors (Lipinski definition) is 3. The van der Waals surface area contributed by atoms with Crippen LogP contribution in [0.1, 0.15) is 18.4 Å². The number of piperidine rings is 1. The summed E-state index contributed by atoms with van der Waals surface area (Å²) in [6.07, 6.45) is 1.46. The number of ether oxygens (including phenoxy) is 1. The van der Waals surface area contributed by atoms with Gasteiger partial charge in [0.25, 0.3) is 0 Å². The van der Waals surface area contributed by atoms with Crippen molar-refractivity contribution in [2.75, 3.05) is 32.6 Å². The van der Waals surface area contributed by atoms with Gasteiger partial charge in [0.1, 0.15) is 12.5 Å². The van der Waals surface area contributed by atoms with Crippen molar-refractivity contribution in [3.05, 3.63) is 35.9 Å². The van der Waals surface area contributed by atoms with Gasteiger partial charge in [0, 0.05) is 26.7 Å². The first kappa shape index (κ1) is 17.6. The van der Waals surface area contributed by atoms with E-state index < -0.39 is 0 Å². The number of amides is 2. The van der Waals surface area contributed by atoms with E-state index >= 15 is 0 Å².